The number of para-hydroxylation sites is 1. The summed E-state index contributed by atoms with van der Waals surface area (Å²) < 4.78 is 26.6. The van der Waals surface area contributed by atoms with Gasteiger partial charge in [0.2, 0.25) is 10.0 Å². The smallest absolute Gasteiger partial charge is 0.289 e. The molecule has 110 valence electrons. The van der Waals surface area contributed by atoms with Gasteiger partial charge in [-0.05, 0) is 31.9 Å². The van der Waals surface area contributed by atoms with E-state index in [4.69, 9.17) is 0 Å². The second-order valence-electron chi connectivity index (χ2n) is 4.70. The zero-order chi connectivity index (χ0) is 14.6. The molecule has 1 saturated heterocycles. The molecule has 1 fully saturated rings. The Bertz CT molecular complexity index is 582. The predicted molar refractivity (Wildman–Crippen MR) is 73.9 cm³/mol. The summed E-state index contributed by atoms with van der Waals surface area (Å²) >= 11 is 0. The molecule has 2 rings (SSSR count). The second kappa shape index (κ2) is 6.29. The maximum Gasteiger partial charge on any atom is 0.289 e. The Morgan fingerprint density at radius 3 is 2.80 bits per heavy atom. The van der Waals surface area contributed by atoms with Gasteiger partial charge in [-0.25, -0.2) is 13.1 Å². The Hall–Kier alpha value is -1.51. The second-order valence-corrected chi connectivity index (χ2v) is 6.44. The minimum atomic E-state index is -3.85. The number of nitrogens with zero attached hydrogens (tertiary/aromatic N) is 1. The van der Waals surface area contributed by atoms with Crippen molar-refractivity contribution in [1.82, 2.24) is 10.0 Å². The summed E-state index contributed by atoms with van der Waals surface area (Å²) in [6.07, 6.45) is 2.81. The first-order valence-electron chi connectivity index (χ1n) is 6.47. The molecule has 1 atom stereocenters. The molecule has 2 N–H and O–H groups in total. The summed E-state index contributed by atoms with van der Waals surface area (Å²) in [5.41, 5.74) is -0.404. The first-order chi connectivity index (χ1) is 9.50. The zero-order valence-electron chi connectivity index (χ0n) is 10.9. The minimum Gasteiger partial charge on any atom is -0.314 e. The van der Waals surface area contributed by atoms with Crippen molar-refractivity contribution in [3.63, 3.8) is 0 Å². The molecule has 1 aliphatic heterocycles. The van der Waals surface area contributed by atoms with Crippen molar-refractivity contribution in [2.24, 2.45) is 0 Å². The van der Waals surface area contributed by atoms with E-state index in [1.165, 1.54) is 24.3 Å². The third kappa shape index (κ3) is 3.53. The topological polar surface area (TPSA) is 101 Å². The molecule has 8 heteroatoms. The average Bonchev–Trinajstić information content (AvgIpc) is 2.91. The Morgan fingerprint density at radius 1 is 1.40 bits per heavy atom. The summed E-state index contributed by atoms with van der Waals surface area (Å²) in [6.45, 7) is 1.23. The molecule has 20 heavy (non-hydrogen) atoms. The van der Waals surface area contributed by atoms with Crippen LogP contribution in [0.5, 0.6) is 0 Å². The van der Waals surface area contributed by atoms with E-state index in [1.807, 2.05) is 0 Å². The van der Waals surface area contributed by atoms with Gasteiger partial charge in [0.15, 0.2) is 4.90 Å². The molecule has 0 aromatic heterocycles. The number of nitro groups is 1. The maximum atomic E-state index is 12.1. The van der Waals surface area contributed by atoms with Gasteiger partial charge in [0.05, 0.1) is 4.92 Å². The molecular formula is C12H17N3O4S. The number of hydrogen-bond acceptors (Lipinski definition) is 5. The largest absolute Gasteiger partial charge is 0.314 e. The quantitative estimate of drug-likeness (QED) is 0.603. The Balaban J connectivity index is 2.04. The van der Waals surface area contributed by atoms with E-state index in [0.29, 0.717) is 12.5 Å². The van der Waals surface area contributed by atoms with Crippen molar-refractivity contribution in [3.05, 3.63) is 34.4 Å². The highest BCUT2D eigenvalue weighted by Crippen LogP contribution is 2.22. The fraction of sp³-hybridized carbons (Fsp3) is 0.500. The van der Waals surface area contributed by atoms with E-state index in [1.54, 1.807) is 0 Å². The first kappa shape index (κ1) is 14.9. The van der Waals surface area contributed by atoms with E-state index in [0.717, 1.165) is 19.4 Å². The third-order valence-electron chi connectivity index (χ3n) is 3.30. The van der Waals surface area contributed by atoms with Crippen LogP contribution in [0, 0.1) is 10.1 Å². The molecule has 7 nitrogen and oxygen atoms in total. The van der Waals surface area contributed by atoms with E-state index < -0.39 is 20.6 Å². The lowest BCUT2D eigenvalue weighted by atomic mass is 10.2. The predicted octanol–water partition coefficient (Wildman–Crippen LogP) is 1.02. The molecular weight excluding hydrogens is 282 g/mol. The number of nitro benzene ring substituents is 1. The monoisotopic (exact) mass is 299 g/mol. The highest BCUT2D eigenvalue weighted by atomic mass is 32.2. The average molecular weight is 299 g/mol. The number of benzene rings is 1. The van der Waals surface area contributed by atoms with Gasteiger partial charge >= 0.3 is 0 Å². The van der Waals surface area contributed by atoms with Gasteiger partial charge in [-0.2, -0.15) is 0 Å². The molecule has 1 heterocycles. The number of hydrogen-bond donors (Lipinski definition) is 2. The Labute approximate surface area is 117 Å². The van der Waals surface area contributed by atoms with Crippen molar-refractivity contribution in [3.8, 4) is 0 Å². The minimum absolute atomic E-state index is 0.270. The van der Waals surface area contributed by atoms with Crippen LogP contribution in [-0.2, 0) is 10.0 Å². The van der Waals surface area contributed by atoms with Crippen molar-refractivity contribution in [2.45, 2.75) is 30.2 Å². The van der Waals surface area contributed by atoms with Crippen LogP contribution in [0.1, 0.15) is 19.3 Å². The van der Waals surface area contributed by atoms with Gasteiger partial charge in [-0.3, -0.25) is 10.1 Å². The van der Waals surface area contributed by atoms with Gasteiger partial charge in [0, 0.05) is 18.7 Å². The molecule has 1 aliphatic rings. The van der Waals surface area contributed by atoms with E-state index in [9.17, 15) is 18.5 Å². The van der Waals surface area contributed by atoms with Crippen LogP contribution in [0.15, 0.2) is 29.2 Å². The maximum absolute atomic E-state index is 12.1. The van der Waals surface area contributed by atoms with Crippen LogP contribution >= 0.6 is 0 Å². The van der Waals surface area contributed by atoms with Crippen LogP contribution < -0.4 is 10.0 Å². The molecule has 0 unspecified atom stereocenters. The number of sulfonamides is 1. The lowest BCUT2D eigenvalue weighted by Crippen LogP contribution is -2.30. The van der Waals surface area contributed by atoms with Gasteiger partial charge < -0.3 is 5.32 Å². The van der Waals surface area contributed by atoms with Crippen molar-refractivity contribution in [2.75, 3.05) is 13.1 Å². The summed E-state index contributed by atoms with van der Waals surface area (Å²) in [7, 11) is -3.85. The van der Waals surface area contributed by atoms with Gasteiger partial charge in [0.25, 0.3) is 5.69 Å². The molecule has 1 aromatic rings. The fourth-order valence-corrected chi connectivity index (χ4v) is 3.50. The van der Waals surface area contributed by atoms with Crippen molar-refractivity contribution < 1.29 is 13.3 Å². The van der Waals surface area contributed by atoms with Crippen LogP contribution in [0.2, 0.25) is 0 Å². The SMILES string of the molecule is O=[N+]([O-])c1ccccc1S(=O)(=O)NCC[C@@H]1CCCN1. The summed E-state index contributed by atoms with van der Waals surface area (Å²) in [6, 6.07) is 5.67. The molecule has 0 spiro atoms. The van der Waals surface area contributed by atoms with Gasteiger partial charge in [-0.15, -0.1) is 0 Å². The summed E-state index contributed by atoms with van der Waals surface area (Å²) in [5.74, 6) is 0. The van der Waals surface area contributed by atoms with Crippen LogP contribution in [0.4, 0.5) is 5.69 Å². The molecule has 0 bridgehead atoms. The Kier molecular flexibility index (Phi) is 4.69. The van der Waals surface area contributed by atoms with E-state index in [2.05, 4.69) is 10.0 Å². The number of nitrogens with one attached hydrogen (secondary N) is 2. The van der Waals surface area contributed by atoms with E-state index in [-0.39, 0.29) is 11.4 Å². The third-order valence-corrected chi connectivity index (χ3v) is 4.81. The zero-order valence-corrected chi connectivity index (χ0v) is 11.7. The fourth-order valence-electron chi connectivity index (χ4n) is 2.28. The molecule has 1 aromatic carbocycles. The van der Waals surface area contributed by atoms with E-state index >= 15 is 0 Å². The van der Waals surface area contributed by atoms with Crippen molar-refractivity contribution >= 4 is 15.7 Å². The summed E-state index contributed by atoms with van der Waals surface area (Å²) in [4.78, 5) is 9.88. The molecule has 0 radical (unpaired) electrons. The highest BCUT2D eigenvalue weighted by molar-refractivity contribution is 7.89. The molecule has 0 saturated carbocycles. The number of rotatable bonds is 6. The normalized spacial score (nSPS) is 19.1. The Morgan fingerprint density at radius 2 is 2.15 bits per heavy atom. The lowest BCUT2D eigenvalue weighted by molar-refractivity contribution is -0.387. The van der Waals surface area contributed by atoms with Crippen LogP contribution in [0.3, 0.4) is 0 Å². The van der Waals surface area contributed by atoms with Gasteiger partial charge in [-0.1, -0.05) is 12.1 Å². The standard InChI is InChI=1S/C12H17N3O4S/c16-15(17)11-5-1-2-6-12(11)20(18,19)14-9-7-10-4-3-8-13-10/h1-2,5-6,10,13-14H,3-4,7-9H2/t10-/m0/s1. The van der Waals surface area contributed by atoms with Crippen molar-refractivity contribution in [1.29, 1.82) is 0 Å². The first-order valence-corrected chi connectivity index (χ1v) is 7.95. The van der Waals surface area contributed by atoms with Crippen LogP contribution in [-0.4, -0.2) is 32.5 Å². The highest BCUT2D eigenvalue weighted by Gasteiger charge is 2.25. The summed E-state index contributed by atoms with van der Waals surface area (Å²) in [5, 5.41) is 14.1. The van der Waals surface area contributed by atoms with Crippen LogP contribution in [0.25, 0.3) is 0 Å². The molecule has 0 amide bonds. The van der Waals surface area contributed by atoms with Gasteiger partial charge in [0.1, 0.15) is 0 Å². The molecule has 0 aliphatic carbocycles. The lowest BCUT2D eigenvalue weighted by Gasteiger charge is -2.11.